The molecule has 3 aromatic rings. The largest absolute Gasteiger partial charge is 0.494 e. The van der Waals surface area contributed by atoms with E-state index in [9.17, 15) is 9.59 Å². The first-order chi connectivity index (χ1) is 10.7. The summed E-state index contributed by atoms with van der Waals surface area (Å²) in [5, 5.41) is 0.643. The number of carbonyl (C=O) groups is 2. The number of ether oxygens (including phenoxy) is 1. The number of benzene rings is 2. The summed E-state index contributed by atoms with van der Waals surface area (Å²) in [4.78, 5) is 29.8. The van der Waals surface area contributed by atoms with Gasteiger partial charge in [0.25, 0.3) is 0 Å². The first-order valence-corrected chi connectivity index (χ1v) is 6.86. The first kappa shape index (κ1) is 12.7. The molecule has 0 bridgehead atoms. The van der Waals surface area contributed by atoms with Crippen molar-refractivity contribution in [1.29, 1.82) is 0 Å². The van der Waals surface area contributed by atoms with Gasteiger partial charge in [-0.3, -0.25) is 14.6 Å². The number of aromatic nitrogens is 1. The molecule has 1 aliphatic rings. The van der Waals surface area contributed by atoms with Gasteiger partial charge in [-0.25, -0.2) is 0 Å². The van der Waals surface area contributed by atoms with E-state index in [1.165, 1.54) is 6.20 Å². The van der Waals surface area contributed by atoms with Crippen LogP contribution in [-0.4, -0.2) is 23.7 Å². The molecule has 22 heavy (non-hydrogen) atoms. The average Bonchev–Trinajstić information content (AvgIpc) is 2.58. The second-order valence-corrected chi connectivity index (χ2v) is 5.11. The van der Waals surface area contributed by atoms with Crippen molar-refractivity contribution in [2.75, 3.05) is 7.11 Å². The molecule has 0 aliphatic heterocycles. The molecule has 106 valence electrons. The SMILES string of the molecule is COc1cccc2c3c(cnc12)C(=O)c1ccccc1C3=O. The lowest BCUT2D eigenvalue weighted by atomic mass is 9.83. The lowest BCUT2D eigenvalue weighted by molar-refractivity contribution is 0.0980. The van der Waals surface area contributed by atoms with Gasteiger partial charge in [0.05, 0.1) is 12.7 Å². The molecule has 0 fully saturated rings. The first-order valence-electron chi connectivity index (χ1n) is 6.86. The fourth-order valence-corrected chi connectivity index (χ4v) is 2.94. The number of hydrogen-bond donors (Lipinski definition) is 0. The van der Waals surface area contributed by atoms with Gasteiger partial charge in [-0.2, -0.15) is 0 Å². The topological polar surface area (TPSA) is 56.3 Å². The lowest BCUT2D eigenvalue weighted by Gasteiger charge is -2.19. The molecule has 0 radical (unpaired) electrons. The van der Waals surface area contributed by atoms with Gasteiger partial charge >= 0.3 is 0 Å². The summed E-state index contributed by atoms with van der Waals surface area (Å²) in [6, 6.07) is 12.2. The molecule has 4 rings (SSSR count). The molecule has 0 saturated carbocycles. The van der Waals surface area contributed by atoms with Gasteiger partial charge in [-0.05, 0) is 6.07 Å². The quantitative estimate of drug-likeness (QED) is 0.540. The molecule has 4 heteroatoms. The Morgan fingerprint density at radius 3 is 2.32 bits per heavy atom. The van der Waals surface area contributed by atoms with Crippen molar-refractivity contribution in [3.8, 4) is 5.75 Å². The highest BCUT2D eigenvalue weighted by Gasteiger charge is 2.31. The van der Waals surface area contributed by atoms with E-state index in [0.29, 0.717) is 38.9 Å². The third kappa shape index (κ3) is 1.55. The van der Waals surface area contributed by atoms with E-state index >= 15 is 0 Å². The molecular weight excluding hydrogens is 278 g/mol. The third-order valence-electron chi connectivity index (χ3n) is 3.97. The van der Waals surface area contributed by atoms with Crippen LogP contribution in [0.25, 0.3) is 10.9 Å². The standard InChI is InChI=1S/C18H11NO3/c1-22-14-8-4-7-12-15-13(9-19-16(12)14)17(20)10-5-2-3-6-11(10)18(15)21/h2-9H,1H3. The number of hydrogen-bond acceptors (Lipinski definition) is 4. The molecule has 1 aliphatic carbocycles. The number of pyridine rings is 1. The number of ketones is 2. The maximum atomic E-state index is 12.8. The van der Waals surface area contributed by atoms with Crippen LogP contribution in [0.15, 0.2) is 48.7 Å². The minimum absolute atomic E-state index is 0.147. The predicted octanol–water partition coefficient (Wildman–Crippen LogP) is 3.02. The number of rotatable bonds is 1. The second kappa shape index (κ2) is 4.49. The fourth-order valence-electron chi connectivity index (χ4n) is 2.94. The number of carbonyl (C=O) groups excluding carboxylic acids is 2. The minimum Gasteiger partial charge on any atom is -0.494 e. The summed E-state index contributed by atoms with van der Waals surface area (Å²) in [6.45, 7) is 0. The van der Waals surface area contributed by atoms with E-state index in [1.807, 2.05) is 0 Å². The van der Waals surface area contributed by atoms with Crippen molar-refractivity contribution in [2.24, 2.45) is 0 Å². The third-order valence-corrected chi connectivity index (χ3v) is 3.97. The molecule has 0 atom stereocenters. The van der Waals surface area contributed by atoms with Gasteiger partial charge in [-0.15, -0.1) is 0 Å². The monoisotopic (exact) mass is 289 g/mol. The Bertz CT molecular complexity index is 960. The molecule has 0 unspecified atom stereocenters. The Kier molecular flexibility index (Phi) is 2.60. The Hall–Kier alpha value is -3.01. The van der Waals surface area contributed by atoms with Gasteiger partial charge in [0.1, 0.15) is 11.3 Å². The zero-order chi connectivity index (χ0) is 15.3. The van der Waals surface area contributed by atoms with Gasteiger partial charge in [-0.1, -0.05) is 36.4 Å². The van der Waals surface area contributed by atoms with Crippen LogP contribution in [0.1, 0.15) is 31.8 Å². The molecule has 1 heterocycles. The highest BCUT2D eigenvalue weighted by atomic mass is 16.5. The van der Waals surface area contributed by atoms with E-state index < -0.39 is 0 Å². The number of methoxy groups -OCH3 is 1. The van der Waals surface area contributed by atoms with E-state index in [0.717, 1.165) is 0 Å². The number of para-hydroxylation sites is 1. The van der Waals surface area contributed by atoms with Crippen LogP contribution in [0.3, 0.4) is 0 Å². The average molecular weight is 289 g/mol. The van der Waals surface area contributed by atoms with Crippen LogP contribution < -0.4 is 4.74 Å². The van der Waals surface area contributed by atoms with Gasteiger partial charge < -0.3 is 4.74 Å². The minimum atomic E-state index is -0.164. The van der Waals surface area contributed by atoms with Crippen LogP contribution in [0.2, 0.25) is 0 Å². The van der Waals surface area contributed by atoms with Crippen LogP contribution >= 0.6 is 0 Å². The van der Waals surface area contributed by atoms with Crippen LogP contribution in [0.4, 0.5) is 0 Å². The molecule has 4 nitrogen and oxygen atoms in total. The van der Waals surface area contributed by atoms with Crippen molar-refractivity contribution in [2.45, 2.75) is 0 Å². The summed E-state index contributed by atoms with van der Waals surface area (Å²) in [5.41, 5.74) is 2.22. The zero-order valence-electron chi connectivity index (χ0n) is 11.8. The van der Waals surface area contributed by atoms with E-state index in [4.69, 9.17) is 4.74 Å². The Labute approximate surface area is 126 Å². The van der Waals surface area contributed by atoms with Gasteiger partial charge in [0.2, 0.25) is 0 Å². The summed E-state index contributed by atoms with van der Waals surface area (Å²) in [7, 11) is 1.55. The Morgan fingerprint density at radius 2 is 1.59 bits per heavy atom. The smallest absolute Gasteiger partial charge is 0.196 e. The lowest BCUT2D eigenvalue weighted by Crippen LogP contribution is -2.21. The van der Waals surface area contributed by atoms with Crippen LogP contribution in [0, 0.1) is 0 Å². The Balaban J connectivity index is 2.11. The van der Waals surface area contributed by atoms with Crippen molar-refractivity contribution in [1.82, 2.24) is 4.98 Å². The van der Waals surface area contributed by atoms with E-state index in [2.05, 4.69) is 4.98 Å². The summed E-state index contributed by atoms with van der Waals surface area (Å²) in [5.74, 6) is 0.271. The zero-order valence-corrected chi connectivity index (χ0v) is 11.8. The van der Waals surface area contributed by atoms with Crippen molar-refractivity contribution in [3.05, 3.63) is 70.9 Å². The van der Waals surface area contributed by atoms with Crippen LogP contribution in [-0.2, 0) is 0 Å². The second-order valence-electron chi connectivity index (χ2n) is 5.11. The molecule has 0 saturated heterocycles. The normalized spacial score (nSPS) is 13.0. The summed E-state index contributed by atoms with van der Waals surface area (Å²) in [6.07, 6.45) is 1.47. The number of fused-ring (bicyclic) bond motifs is 4. The maximum Gasteiger partial charge on any atom is 0.196 e. The van der Waals surface area contributed by atoms with Crippen molar-refractivity contribution < 1.29 is 14.3 Å². The highest BCUT2D eigenvalue weighted by Crippen LogP contribution is 2.34. The van der Waals surface area contributed by atoms with Crippen LogP contribution in [0.5, 0.6) is 5.75 Å². The fraction of sp³-hybridized carbons (Fsp3) is 0.0556. The van der Waals surface area contributed by atoms with Crippen molar-refractivity contribution >= 4 is 22.5 Å². The molecule has 0 spiro atoms. The number of nitrogens with zero attached hydrogens (tertiary/aromatic N) is 1. The Morgan fingerprint density at radius 1 is 0.864 bits per heavy atom. The summed E-state index contributed by atoms with van der Waals surface area (Å²) < 4.78 is 5.29. The van der Waals surface area contributed by atoms with Crippen molar-refractivity contribution in [3.63, 3.8) is 0 Å². The predicted molar refractivity (Wildman–Crippen MR) is 81.6 cm³/mol. The highest BCUT2D eigenvalue weighted by molar-refractivity contribution is 6.31. The maximum absolute atomic E-state index is 12.8. The molecule has 1 aromatic heterocycles. The van der Waals surface area contributed by atoms with Gasteiger partial charge in [0, 0.05) is 28.3 Å². The molecule has 2 aromatic carbocycles. The molecule has 0 amide bonds. The molecular formula is C18H11NO3. The molecule has 0 N–H and O–H groups in total. The van der Waals surface area contributed by atoms with E-state index in [1.54, 1.807) is 49.6 Å². The van der Waals surface area contributed by atoms with E-state index in [-0.39, 0.29) is 11.6 Å². The van der Waals surface area contributed by atoms with Gasteiger partial charge in [0.15, 0.2) is 11.6 Å². The summed E-state index contributed by atoms with van der Waals surface area (Å²) >= 11 is 0.